The van der Waals surface area contributed by atoms with Crippen molar-refractivity contribution in [2.75, 3.05) is 20.1 Å². The van der Waals surface area contributed by atoms with Crippen LogP contribution in [0.1, 0.15) is 27.7 Å². The van der Waals surface area contributed by atoms with Crippen molar-refractivity contribution in [1.29, 1.82) is 0 Å². The topological polar surface area (TPSA) is 23.6 Å². The fourth-order valence-electron chi connectivity index (χ4n) is 1.92. The fourth-order valence-corrected chi connectivity index (χ4v) is 1.92. The van der Waals surface area contributed by atoms with Gasteiger partial charge < -0.3 is 4.90 Å². The van der Waals surface area contributed by atoms with Crippen molar-refractivity contribution in [2.24, 2.45) is 0 Å². The molecule has 1 fully saturated rings. The summed E-state index contributed by atoms with van der Waals surface area (Å²) in [6.45, 7) is 9.92. The van der Waals surface area contributed by atoms with E-state index in [-0.39, 0.29) is 5.91 Å². The number of carbonyl (C=O) groups excluding carboxylic acids is 1. The quantitative estimate of drug-likeness (QED) is 0.612. The maximum atomic E-state index is 11.8. The number of nitrogens with zero attached hydrogens (tertiary/aromatic N) is 2. The molecule has 0 N–H and O–H groups in total. The molecular weight excluding hydrogens is 188 g/mol. The lowest BCUT2D eigenvalue weighted by Crippen LogP contribution is -2.56. The molecule has 1 saturated heterocycles. The Morgan fingerprint density at radius 1 is 1.20 bits per heavy atom. The van der Waals surface area contributed by atoms with Gasteiger partial charge in [-0.1, -0.05) is 5.57 Å². The van der Waals surface area contributed by atoms with E-state index < -0.39 is 0 Å². The van der Waals surface area contributed by atoms with Crippen LogP contribution in [0.3, 0.4) is 0 Å². The number of piperazine rings is 1. The number of carbonyl (C=O) groups is 1. The second-order valence-corrected chi connectivity index (χ2v) is 4.83. The van der Waals surface area contributed by atoms with Gasteiger partial charge >= 0.3 is 0 Å². The lowest BCUT2D eigenvalue weighted by molar-refractivity contribution is -0.129. The van der Waals surface area contributed by atoms with Crippen LogP contribution in [0.2, 0.25) is 0 Å². The Hall–Kier alpha value is -0.830. The molecule has 0 saturated carbocycles. The molecule has 0 aromatic carbocycles. The van der Waals surface area contributed by atoms with Gasteiger partial charge in [-0.05, 0) is 34.7 Å². The number of hydrogen-bond acceptors (Lipinski definition) is 2. The minimum Gasteiger partial charge on any atom is -0.336 e. The van der Waals surface area contributed by atoms with Crippen LogP contribution < -0.4 is 0 Å². The Bertz CT molecular complexity index is 257. The average molecular weight is 210 g/mol. The zero-order chi connectivity index (χ0) is 11.6. The average Bonchev–Trinajstić information content (AvgIpc) is 2.12. The van der Waals surface area contributed by atoms with Crippen LogP contribution in [0, 0.1) is 0 Å². The van der Waals surface area contributed by atoms with Crippen molar-refractivity contribution in [3.63, 3.8) is 0 Å². The maximum absolute atomic E-state index is 11.8. The van der Waals surface area contributed by atoms with Gasteiger partial charge in [0.05, 0.1) is 0 Å². The van der Waals surface area contributed by atoms with E-state index in [2.05, 4.69) is 25.8 Å². The van der Waals surface area contributed by atoms with Gasteiger partial charge in [-0.2, -0.15) is 0 Å². The molecule has 3 heteroatoms. The zero-order valence-electron chi connectivity index (χ0n) is 10.4. The van der Waals surface area contributed by atoms with Crippen LogP contribution in [-0.2, 0) is 4.79 Å². The van der Waals surface area contributed by atoms with Gasteiger partial charge in [0.2, 0.25) is 5.91 Å². The summed E-state index contributed by atoms with van der Waals surface area (Å²) < 4.78 is 0. The van der Waals surface area contributed by atoms with Crippen LogP contribution >= 0.6 is 0 Å². The third-order valence-corrected chi connectivity index (χ3v) is 3.08. The molecule has 0 unspecified atom stereocenters. The van der Waals surface area contributed by atoms with Crippen molar-refractivity contribution >= 4 is 5.91 Å². The lowest BCUT2D eigenvalue weighted by Gasteiger charge is -2.42. The molecule has 1 heterocycles. The standard InChI is InChI=1S/C12H22N2O/c1-9(2)6-12(15)14-7-10(3)13(5)11(4)8-14/h6,10-11H,7-8H2,1-5H3/t10-,11+. The molecule has 0 radical (unpaired) electrons. The Morgan fingerprint density at radius 2 is 1.67 bits per heavy atom. The van der Waals surface area contributed by atoms with Crippen LogP contribution in [0.5, 0.6) is 0 Å². The van der Waals surface area contributed by atoms with Crippen molar-refractivity contribution in [3.8, 4) is 0 Å². The van der Waals surface area contributed by atoms with Crippen molar-refractivity contribution in [2.45, 2.75) is 39.8 Å². The van der Waals surface area contributed by atoms with Crippen LogP contribution in [0.4, 0.5) is 0 Å². The molecule has 86 valence electrons. The summed E-state index contributed by atoms with van der Waals surface area (Å²) in [5, 5.41) is 0. The molecule has 0 aromatic rings. The summed E-state index contributed by atoms with van der Waals surface area (Å²) in [6, 6.07) is 0.895. The number of rotatable bonds is 1. The molecule has 1 rings (SSSR count). The van der Waals surface area contributed by atoms with Gasteiger partial charge in [-0.25, -0.2) is 0 Å². The number of hydrogen-bond donors (Lipinski definition) is 0. The summed E-state index contributed by atoms with van der Waals surface area (Å²) in [5.74, 6) is 0.154. The van der Waals surface area contributed by atoms with Crippen LogP contribution in [0.25, 0.3) is 0 Å². The van der Waals surface area contributed by atoms with Crippen LogP contribution in [0.15, 0.2) is 11.6 Å². The summed E-state index contributed by atoms with van der Waals surface area (Å²) in [5.41, 5.74) is 1.07. The molecule has 3 nitrogen and oxygen atoms in total. The van der Waals surface area contributed by atoms with Gasteiger partial charge in [0.1, 0.15) is 0 Å². The molecule has 1 aliphatic rings. The first-order chi connectivity index (χ1) is 6.91. The highest BCUT2D eigenvalue weighted by atomic mass is 16.2. The predicted octanol–water partition coefficient (Wildman–Crippen LogP) is 1.50. The van der Waals surface area contributed by atoms with E-state index in [1.54, 1.807) is 6.08 Å². The zero-order valence-corrected chi connectivity index (χ0v) is 10.4. The molecule has 2 atom stereocenters. The molecule has 0 bridgehead atoms. The molecule has 0 aliphatic carbocycles. The van der Waals surface area contributed by atoms with E-state index in [1.165, 1.54) is 0 Å². The highest BCUT2D eigenvalue weighted by Gasteiger charge is 2.28. The first-order valence-electron chi connectivity index (χ1n) is 5.57. The van der Waals surface area contributed by atoms with Gasteiger partial charge in [-0.15, -0.1) is 0 Å². The van der Waals surface area contributed by atoms with E-state index in [0.717, 1.165) is 18.7 Å². The Kier molecular flexibility index (Phi) is 3.91. The minimum absolute atomic E-state index is 0.154. The van der Waals surface area contributed by atoms with E-state index in [4.69, 9.17) is 0 Å². The molecule has 15 heavy (non-hydrogen) atoms. The summed E-state index contributed by atoms with van der Waals surface area (Å²) in [7, 11) is 2.12. The molecule has 0 aromatic heterocycles. The predicted molar refractivity (Wildman–Crippen MR) is 62.7 cm³/mol. The van der Waals surface area contributed by atoms with Gasteiger partial charge in [0.15, 0.2) is 0 Å². The number of amides is 1. The van der Waals surface area contributed by atoms with Crippen LogP contribution in [-0.4, -0.2) is 47.9 Å². The smallest absolute Gasteiger partial charge is 0.246 e. The molecule has 1 amide bonds. The third kappa shape index (κ3) is 3.06. The second-order valence-electron chi connectivity index (χ2n) is 4.83. The first-order valence-corrected chi connectivity index (χ1v) is 5.57. The van der Waals surface area contributed by atoms with Crippen molar-refractivity contribution < 1.29 is 4.79 Å². The van der Waals surface area contributed by atoms with E-state index in [9.17, 15) is 4.79 Å². The maximum Gasteiger partial charge on any atom is 0.246 e. The monoisotopic (exact) mass is 210 g/mol. The SMILES string of the molecule is CC(C)=CC(=O)N1C[C@@H](C)N(C)[C@@H](C)C1. The normalized spacial score (nSPS) is 27.7. The van der Waals surface area contributed by atoms with Gasteiger partial charge in [0.25, 0.3) is 0 Å². The van der Waals surface area contributed by atoms with Crippen molar-refractivity contribution in [3.05, 3.63) is 11.6 Å². The Balaban J connectivity index is 2.66. The highest BCUT2D eigenvalue weighted by molar-refractivity contribution is 5.88. The minimum atomic E-state index is 0.154. The summed E-state index contributed by atoms with van der Waals surface area (Å²) in [6.07, 6.45) is 1.73. The van der Waals surface area contributed by atoms with Crippen molar-refractivity contribution in [1.82, 2.24) is 9.80 Å². The highest BCUT2D eigenvalue weighted by Crippen LogP contribution is 2.13. The fraction of sp³-hybridized carbons (Fsp3) is 0.750. The summed E-state index contributed by atoms with van der Waals surface area (Å²) in [4.78, 5) is 16.1. The molecule has 1 aliphatic heterocycles. The Labute approximate surface area is 92.7 Å². The number of likely N-dealkylation sites (N-methyl/N-ethyl adjacent to an activating group) is 1. The Morgan fingerprint density at radius 3 is 2.07 bits per heavy atom. The van der Waals surface area contributed by atoms with Gasteiger partial charge in [-0.3, -0.25) is 9.69 Å². The molecule has 0 spiro atoms. The molecular formula is C12H22N2O. The van der Waals surface area contributed by atoms with E-state index in [1.807, 2.05) is 18.7 Å². The van der Waals surface area contributed by atoms with Gasteiger partial charge in [0, 0.05) is 31.2 Å². The second kappa shape index (κ2) is 4.79. The third-order valence-electron chi connectivity index (χ3n) is 3.08. The number of allylic oxidation sites excluding steroid dienone is 1. The lowest BCUT2D eigenvalue weighted by atomic mass is 10.1. The summed E-state index contributed by atoms with van der Waals surface area (Å²) >= 11 is 0. The first kappa shape index (κ1) is 12.2. The van der Waals surface area contributed by atoms with E-state index >= 15 is 0 Å². The largest absolute Gasteiger partial charge is 0.336 e. The van der Waals surface area contributed by atoms with E-state index in [0.29, 0.717) is 12.1 Å².